The Hall–Kier alpha value is -2.30. The number of carbonyl (C=O) groups excluding carboxylic acids is 1. The summed E-state index contributed by atoms with van der Waals surface area (Å²) in [6, 6.07) is 5.37. The largest absolute Gasteiger partial charge is 0.444 e. The van der Waals surface area contributed by atoms with Crippen molar-refractivity contribution in [1.82, 2.24) is 10.3 Å². The molecule has 0 aliphatic carbocycles. The lowest BCUT2D eigenvalue weighted by Gasteiger charge is -2.08. The van der Waals surface area contributed by atoms with E-state index >= 15 is 0 Å². The molecule has 0 fully saturated rings. The lowest BCUT2D eigenvalue weighted by atomic mass is 10.1. The van der Waals surface area contributed by atoms with Crippen LogP contribution in [-0.4, -0.2) is 10.9 Å². The van der Waals surface area contributed by atoms with Crippen LogP contribution in [0.3, 0.4) is 0 Å². The van der Waals surface area contributed by atoms with Crippen molar-refractivity contribution in [2.24, 2.45) is 0 Å². The average molecular weight is 245 g/mol. The van der Waals surface area contributed by atoms with Crippen LogP contribution >= 0.6 is 0 Å². The predicted octanol–water partition coefficient (Wildman–Crippen LogP) is 1.80. The summed E-state index contributed by atoms with van der Waals surface area (Å²) in [5.41, 5.74) is 7.61. The van der Waals surface area contributed by atoms with E-state index in [-0.39, 0.29) is 12.5 Å². The molecule has 3 N–H and O–H groups in total. The Morgan fingerprint density at radius 3 is 2.83 bits per heavy atom. The predicted molar refractivity (Wildman–Crippen MR) is 68.0 cm³/mol. The van der Waals surface area contributed by atoms with Gasteiger partial charge in [0.2, 0.25) is 5.89 Å². The fraction of sp³-hybridized carbons (Fsp3) is 0.231. The van der Waals surface area contributed by atoms with Gasteiger partial charge >= 0.3 is 0 Å². The van der Waals surface area contributed by atoms with Crippen LogP contribution in [0.2, 0.25) is 0 Å². The van der Waals surface area contributed by atoms with Gasteiger partial charge in [-0.2, -0.15) is 0 Å². The Bertz CT molecular complexity index is 555. The molecule has 0 saturated carbocycles. The Labute approximate surface area is 105 Å². The van der Waals surface area contributed by atoms with Crippen molar-refractivity contribution in [3.63, 3.8) is 0 Å². The zero-order chi connectivity index (χ0) is 13.1. The number of nitrogens with zero attached hydrogens (tertiary/aromatic N) is 1. The van der Waals surface area contributed by atoms with Crippen molar-refractivity contribution in [2.75, 3.05) is 5.73 Å². The summed E-state index contributed by atoms with van der Waals surface area (Å²) in [7, 11) is 0. The number of aromatic nitrogens is 1. The van der Waals surface area contributed by atoms with Gasteiger partial charge in [-0.3, -0.25) is 4.79 Å². The fourth-order valence-electron chi connectivity index (χ4n) is 1.73. The van der Waals surface area contributed by atoms with Gasteiger partial charge in [0, 0.05) is 5.69 Å². The topological polar surface area (TPSA) is 81.2 Å². The SMILES string of the molecule is Cc1cnc(CNC(=O)c2c(C)cccc2N)o1. The molecule has 1 aromatic carbocycles. The standard InChI is InChI=1S/C13H15N3O2/c1-8-4-3-5-10(14)12(8)13(17)16-7-11-15-6-9(2)18-11/h3-6H,7,14H2,1-2H3,(H,16,17). The maximum Gasteiger partial charge on any atom is 0.254 e. The highest BCUT2D eigenvalue weighted by Crippen LogP contribution is 2.16. The van der Waals surface area contributed by atoms with E-state index in [1.54, 1.807) is 19.2 Å². The van der Waals surface area contributed by atoms with Crippen molar-refractivity contribution in [2.45, 2.75) is 20.4 Å². The molecule has 94 valence electrons. The number of anilines is 1. The monoisotopic (exact) mass is 245 g/mol. The lowest BCUT2D eigenvalue weighted by molar-refractivity contribution is 0.0947. The van der Waals surface area contributed by atoms with Crippen LogP contribution in [-0.2, 0) is 6.54 Å². The van der Waals surface area contributed by atoms with E-state index in [0.717, 1.165) is 11.3 Å². The van der Waals surface area contributed by atoms with Crippen molar-refractivity contribution >= 4 is 11.6 Å². The third-order valence-electron chi connectivity index (χ3n) is 2.60. The highest BCUT2D eigenvalue weighted by atomic mass is 16.4. The first-order valence-electron chi connectivity index (χ1n) is 5.62. The van der Waals surface area contributed by atoms with Gasteiger partial charge < -0.3 is 15.5 Å². The summed E-state index contributed by atoms with van der Waals surface area (Å²) < 4.78 is 5.27. The van der Waals surface area contributed by atoms with Gasteiger partial charge in [0.25, 0.3) is 5.91 Å². The van der Waals surface area contributed by atoms with Crippen LogP contribution in [0.15, 0.2) is 28.8 Å². The van der Waals surface area contributed by atoms with Gasteiger partial charge in [0.1, 0.15) is 5.76 Å². The Morgan fingerprint density at radius 2 is 2.22 bits per heavy atom. The van der Waals surface area contributed by atoms with Crippen LogP contribution in [0, 0.1) is 13.8 Å². The Balaban J connectivity index is 2.08. The smallest absolute Gasteiger partial charge is 0.254 e. The van der Waals surface area contributed by atoms with Crippen LogP contribution in [0.4, 0.5) is 5.69 Å². The van der Waals surface area contributed by atoms with Gasteiger partial charge in [0.05, 0.1) is 18.3 Å². The second-order valence-corrected chi connectivity index (χ2v) is 4.09. The number of hydrogen-bond donors (Lipinski definition) is 2. The maximum absolute atomic E-state index is 12.0. The molecule has 0 aliphatic heterocycles. The van der Waals surface area contributed by atoms with Crippen molar-refractivity contribution in [3.8, 4) is 0 Å². The number of nitrogen functional groups attached to an aromatic ring is 1. The van der Waals surface area contributed by atoms with Gasteiger partial charge in [-0.15, -0.1) is 0 Å². The zero-order valence-electron chi connectivity index (χ0n) is 10.4. The number of rotatable bonds is 3. The van der Waals surface area contributed by atoms with Crippen molar-refractivity contribution < 1.29 is 9.21 Å². The van der Waals surface area contributed by atoms with Gasteiger partial charge in [-0.1, -0.05) is 12.1 Å². The summed E-state index contributed by atoms with van der Waals surface area (Å²) in [5, 5.41) is 2.74. The number of oxazole rings is 1. The van der Waals surface area contributed by atoms with E-state index in [1.807, 2.05) is 19.1 Å². The number of amides is 1. The molecule has 2 rings (SSSR count). The number of aryl methyl sites for hydroxylation is 2. The molecular weight excluding hydrogens is 230 g/mol. The Kier molecular flexibility index (Phi) is 3.32. The minimum atomic E-state index is -0.221. The number of hydrogen-bond acceptors (Lipinski definition) is 4. The Morgan fingerprint density at radius 1 is 1.44 bits per heavy atom. The van der Waals surface area contributed by atoms with E-state index in [1.165, 1.54) is 0 Å². The lowest BCUT2D eigenvalue weighted by Crippen LogP contribution is -2.24. The maximum atomic E-state index is 12.0. The minimum Gasteiger partial charge on any atom is -0.444 e. The second-order valence-electron chi connectivity index (χ2n) is 4.09. The minimum absolute atomic E-state index is 0.221. The normalized spacial score (nSPS) is 10.3. The van der Waals surface area contributed by atoms with E-state index in [4.69, 9.17) is 10.2 Å². The summed E-state index contributed by atoms with van der Waals surface area (Å²) in [6.07, 6.45) is 1.61. The summed E-state index contributed by atoms with van der Waals surface area (Å²) >= 11 is 0. The first kappa shape index (κ1) is 12.2. The van der Waals surface area contributed by atoms with Crippen LogP contribution in [0.1, 0.15) is 27.6 Å². The van der Waals surface area contributed by atoms with Crippen LogP contribution < -0.4 is 11.1 Å². The second kappa shape index (κ2) is 4.91. The number of nitrogens with one attached hydrogen (secondary N) is 1. The number of nitrogens with two attached hydrogens (primary N) is 1. The third-order valence-corrected chi connectivity index (χ3v) is 2.60. The van der Waals surface area contributed by atoms with Crippen molar-refractivity contribution in [3.05, 3.63) is 47.2 Å². The molecule has 0 spiro atoms. The quantitative estimate of drug-likeness (QED) is 0.808. The highest BCUT2D eigenvalue weighted by Gasteiger charge is 2.12. The molecule has 0 unspecified atom stereocenters. The molecule has 0 atom stereocenters. The first-order valence-corrected chi connectivity index (χ1v) is 5.62. The zero-order valence-corrected chi connectivity index (χ0v) is 10.4. The van der Waals surface area contributed by atoms with E-state index in [0.29, 0.717) is 17.1 Å². The van der Waals surface area contributed by atoms with Crippen LogP contribution in [0.25, 0.3) is 0 Å². The molecule has 0 bridgehead atoms. The number of benzene rings is 1. The van der Waals surface area contributed by atoms with Gasteiger partial charge in [0.15, 0.2) is 0 Å². The molecule has 1 amide bonds. The molecule has 2 aromatic rings. The van der Waals surface area contributed by atoms with Crippen LogP contribution in [0.5, 0.6) is 0 Å². The first-order chi connectivity index (χ1) is 8.58. The van der Waals surface area contributed by atoms with E-state index in [2.05, 4.69) is 10.3 Å². The molecule has 0 aliphatic rings. The molecular formula is C13H15N3O2. The molecule has 1 heterocycles. The third kappa shape index (κ3) is 2.51. The fourth-order valence-corrected chi connectivity index (χ4v) is 1.73. The summed E-state index contributed by atoms with van der Waals surface area (Å²) in [5.74, 6) is 0.976. The van der Waals surface area contributed by atoms with Gasteiger partial charge in [-0.25, -0.2) is 4.98 Å². The molecule has 0 radical (unpaired) electrons. The van der Waals surface area contributed by atoms with E-state index < -0.39 is 0 Å². The molecule has 5 heteroatoms. The van der Waals surface area contributed by atoms with Crippen molar-refractivity contribution in [1.29, 1.82) is 0 Å². The van der Waals surface area contributed by atoms with E-state index in [9.17, 15) is 4.79 Å². The average Bonchev–Trinajstić information content (AvgIpc) is 2.72. The molecule has 1 aromatic heterocycles. The highest BCUT2D eigenvalue weighted by molar-refractivity contribution is 6.00. The molecule has 0 saturated heterocycles. The molecule has 18 heavy (non-hydrogen) atoms. The van der Waals surface area contributed by atoms with Gasteiger partial charge in [-0.05, 0) is 25.5 Å². The number of carbonyl (C=O) groups is 1. The molecule has 5 nitrogen and oxygen atoms in total. The summed E-state index contributed by atoms with van der Waals surface area (Å²) in [4.78, 5) is 16.0. The summed E-state index contributed by atoms with van der Waals surface area (Å²) in [6.45, 7) is 3.90.